The van der Waals surface area contributed by atoms with Crippen LogP contribution in [-0.4, -0.2) is 44.5 Å². The Bertz CT molecular complexity index is 1410. The van der Waals surface area contributed by atoms with Crippen LogP contribution in [0.25, 0.3) is 21.8 Å². The zero-order chi connectivity index (χ0) is 22.2. The van der Waals surface area contributed by atoms with E-state index in [0.29, 0.717) is 38.5 Å². The maximum absolute atomic E-state index is 13.2. The van der Waals surface area contributed by atoms with Gasteiger partial charge < -0.3 is 0 Å². The maximum atomic E-state index is 13.2. The molecule has 0 spiro atoms. The molecule has 6 nitrogen and oxygen atoms in total. The predicted octanol–water partition coefficient (Wildman–Crippen LogP) is 4.24. The van der Waals surface area contributed by atoms with Gasteiger partial charge in [0.25, 0.3) is 11.8 Å². The molecule has 0 atom stereocenters. The lowest BCUT2D eigenvalue weighted by Gasteiger charge is -2.27. The second-order valence-corrected chi connectivity index (χ2v) is 8.27. The van der Waals surface area contributed by atoms with Crippen molar-refractivity contribution in [2.75, 3.05) is 12.3 Å². The molecule has 0 aliphatic carbocycles. The number of carbonyl (C=O) groups is 3. The van der Waals surface area contributed by atoms with Gasteiger partial charge in [-0.15, -0.1) is 6.42 Å². The summed E-state index contributed by atoms with van der Waals surface area (Å²) in [7, 11) is 0. The molecule has 0 bridgehead atoms. The second kappa shape index (κ2) is 7.98. The molecular weight excluding hydrogens is 422 g/mol. The van der Waals surface area contributed by atoms with E-state index in [-0.39, 0.29) is 30.7 Å². The van der Waals surface area contributed by atoms with Crippen molar-refractivity contribution in [2.45, 2.75) is 11.6 Å². The summed E-state index contributed by atoms with van der Waals surface area (Å²) in [6.45, 7) is -0.0209. The number of nitrogens with zero attached hydrogens (tertiary/aromatic N) is 3. The number of carbonyl (C=O) groups excluding carboxylic acids is 3. The van der Waals surface area contributed by atoms with Gasteiger partial charge >= 0.3 is 0 Å². The Morgan fingerprint density at radius 3 is 2.34 bits per heavy atom. The molecule has 1 aromatic heterocycles. The minimum atomic E-state index is -0.385. The number of hydrogen-bond donors (Lipinski definition) is 0. The van der Waals surface area contributed by atoms with E-state index in [2.05, 4.69) is 10.9 Å². The molecule has 7 heteroatoms. The third-order valence-electron chi connectivity index (χ3n) is 5.47. The van der Waals surface area contributed by atoms with Gasteiger partial charge in [0, 0.05) is 29.5 Å². The molecule has 0 saturated heterocycles. The molecule has 2 amide bonds. The summed E-state index contributed by atoms with van der Waals surface area (Å²) in [6, 6.07) is 18.1. The second-order valence-electron chi connectivity index (χ2n) is 7.33. The van der Waals surface area contributed by atoms with Crippen LogP contribution in [0, 0.1) is 12.3 Å². The Labute approximate surface area is 188 Å². The number of imidazole rings is 1. The zero-order valence-electron chi connectivity index (χ0n) is 16.9. The molecule has 0 unspecified atom stereocenters. The summed E-state index contributed by atoms with van der Waals surface area (Å²) in [6.07, 6.45) is 5.35. The smallest absolute Gasteiger partial charge is 0.261 e. The topological polar surface area (TPSA) is 72.3 Å². The van der Waals surface area contributed by atoms with Crippen molar-refractivity contribution in [2.24, 2.45) is 0 Å². The van der Waals surface area contributed by atoms with Crippen molar-refractivity contribution in [3.63, 3.8) is 0 Å². The lowest BCUT2D eigenvalue weighted by molar-refractivity contribution is 0.0602. The highest BCUT2D eigenvalue weighted by molar-refractivity contribution is 7.99. The SMILES string of the molecule is C#CCSc1nc2ccccc2n1C(=O)CCN1C(=O)c2cccc3cccc(c23)C1=O. The van der Waals surface area contributed by atoms with Gasteiger partial charge in [-0.2, -0.15) is 0 Å². The van der Waals surface area contributed by atoms with Gasteiger partial charge in [-0.25, -0.2) is 4.98 Å². The number of amides is 2. The van der Waals surface area contributed by atoms with Gasteiger partial charge in [0.05, 0.1) is 16.8 Å². The van der Waals surface area contributed by atoms with E-state index in [1.54, 1.807) is 24.3 Å². The van der Waals surface area contributed by atoms with E-state index in [4.69, 9.17) is 6.42 Å². The minimum Gasteiger partial charge on any atom is -0.274 e. The largest absolute Gasteiger partial charge is 0.274 e. The van der Waals surface area contributed by atoms with Crippen LogP contribution < -0.4 is 0 Å². The van der Waals surface area contributed by atoms with Gasteiger partial charge in [0.1, 0.15) is 0 Å². The van der Waals surface area contributed by atoms with E-state index < -0.39 is 0 Å². The first-order valence-corrected chi connectivity index (χ1v) is 11.0. The van der Waals surface area contributed by atoms with Crippen LogP contribution in [0.5, 0.6) is 0 Å². The lowest BCUT2D eigenvalue weighted by Crippen LogP contribution is -2.41. The van der Waals surface area contributed by atoms with Crippen LogP contribution in [0.2, 0.25) is 0 Å². The summed E-state index contributed by atoms with van der Waals surface area (Å²) < 4.78 is 1.52. The Morgan fingerprint density at radius 2 is 1.66 bits per heavy atom. The third kappa shape index (κ3) is 3.17. The normalized spacial score (nSPS) is 13.0. The first-order chi connectivity index (χ1) is 15.6. The molecule has 0 saturated carbocycles. The summed E-state index contributed by atoms with van der Waals surface area (Å²) in [5, 5.41) is 2.01. The highest BCUT2D eigenvalue weighted by Crippen LogP contribution is 2.30. The molecule has 2 heterocycles. The molecule has 5 rings (SSSR count). The average molecular weight is 439 g/mol. The van der Waals surface area contributed by atoms with Crippen LogP contribution in [0.1, 0.15) is 31.9 Å². The van der Waals surface area contributed by atoms with E-state index in [0.717, 1.165) is 10.3 Å². The molecule has 1 aliphatic rings. The number of aromatic nitrogens is 2. The standard InChI is InChI=1S/C25H17N3O3S/c1-2-15-32-25-26-19-11-3-4-12-20(19)28(25)21(29)13-14-27-23(30)17-9-5-7-16-8-6-10-18(22(16)17)24(27)31/h1,3-12H,13-15H2. The number of thioether (sulfide) groups is 1. The Kier molecular flexibility index (Phi) is 5.00. The fourth-order valence-electron chi connectivity index (χ4n) is 4.05. The molecular formula is C25H17N3O3S. The number of rotatable bonds is 5. The number of fused-ring (bicyclic) bond motifs is 1. The highest BCUT2D eigenvalue weighted by Gasteiger charge is 2.33. The highest BCUT2D eigenvalue weighted by atomic mass is 32.2. The van der Waals surface area contributed by atoms with Crippen LogP contribution in [0.4, 0.5) is 0 Å². The molecule has 0 radical (unpaired) electrons. The van der Waals surface area contributed by atoms with Crippen molar-refractivity contribution in [1.29, 1.82) is 0 Å². The number of hydrogen-bond acceptors (Lipinski definition) is 5. The lowest BCUT2D eigenvalue weighted by atomic mass is 9.94. The molecule has 32 heavy (non-hydrogen) atoms. The molecule has 0 N–H and O–H groups in total. The van der Waals surface area contributed by atoms with Gasteiger partial charge in [-0.3, -0.25) is 23.9 Å². The van der Waals surface area contributed by atoms with Crippen molar-refractivity contribution < 1.29 is 14.4 Å². The first-order valence-electron chi connectivity index (χ1n) is 10.0. The summed E-state index contributed by atoms with van der Waals surface area (Å²) >= 11 is 1.30. The number of imide groups is 1. The Balaban J connectivity index is 1.45. The molecule has 156 valence electrons. The first kappa shape index (κ1) is 20.0. The summed E-state index contributed by atoms with van der Waals surface area (Å²) in [5.74, 6) is 1.89. The van der Waals surface area contributed by atoms with Crippen molar-refractivity contribution >= 4 is 51.3 Å². The number of benzene rings is 3. The number of terminal acetylenes is 1. The van der Waals surface area contributed by atoms with E-state index >= 15 is 0 Å². The minimum absolute atomic E-state index is 0.0209. The summed E-state index contributed by atoms with van der Waals surface area (Å²) in [5.41, 5.74) is 2.31. The van der Waals surface area contributed by atoms with Crippen LogP contribution in [0.3, 0.4) is 0 Å². The van der Waals surface area contributed by atoms with Gasteiger partial charge in [-0.05, 0) is 29.7 Å². The Hall–Kier alpha value is -3.89. The van der Waals surface area contributed by atoms with Gasteiger partial charge in [-0.1, -0.05) is 54.1 Å². The van der Waals surface area contributed by atoms with Crippen molar-refractivity contribution in [3.05, 3.63) is 71.8 Å². The summed E-state index contributed by atoms with van der Waals surface area (Å²) in [4.78, 5) is 45.0. The average Bonchev–Trinajstić information content (AvgIpc) is 3.19. The quantitative estimate of drug-likeness (QED) is 0.264. The van der Waals surface area contributed by atoms with Gasteiger partial charge in [0.15, 0.2) is 5.16 Å². The fourth-order valence-corrected chi connectivity index (χ4v) is 4.76. The molecule has 3 aromatic carbocycles. The van der Waals surface area contributed by atoms with Crippen LogP contribution in [-0.2, 0) is 0 Å². The van der Waals surface area contributed by atoms with E-state index in [1.165, 1.54) is 16.3 Å². The molecule has 1 aliphatic heterocycles. The zero-order valence-corrected chi connectivity index (χ0v) is 17.8. The molecule has 4 aromatic rings. The van der Waals surface area contributed by atoms with Crippen LogP contribution >= 0.6 is 11.8 Å². The van der Waals surface area contributed by atoms with Gasteiger partial charge in [0.2, 0.25) is 5.91 Å². The number of para-hydroxylation sites is 2. The van der Waals surface area contributed by atoms with E-state index in [1.807, 2.05) is 36.4 Å². The van der Waals surface area contributed by atoms with E-state index in [9.17, 15) is 14.4 Å². The van der Waals surface area contributed by atoms with Crippen molar-refractivity contribution in [1.82, 2.24) is 14.5 Å². The fraction of sp³-hybridized carbons (Fsp3) is 0.120. The predicted molar refractivity (Wildman–Crippen MR) is 124 cm³/mol. The third-order valence-corrected chi connectivity index (χ3v) is 6.31. The monoisotopic (exact) mass is 439 g/mol. The molecule has 0 fully saturated rings. The van der Waals surface area contributed by atoms with Crippen molar-refractivity contribution in [3.8, 4) is 12.3 Å². The van der Waals surface area contributed by atoms with Crippen LogP contribution in [0.15, 0.2) is 65.8 Å². The Morgan fingerprint density at radius 1 is 0.969 bits per heavy atom. The maximum Gasteiger partial charge on any atom is 0.261 e.